The number of aryl methyl sites for hydroxylation is 1. The van der Waals surface area contributed by atoms with Crippen LogP contribution in [-0.4, -0.2) is 41.1 Å². The van der Waals surface area contributed by atoms with Gasteiger partial charge in [-0.25, -0.2) is 4.79 Å². The average Bonchev–Trinajstić information content (AvgIpc) is 3.23. The van der Waals surface area contributed by atoms with Crippen LogP contribution < -0.4 is 0 Å². The number of nitrogens with zero attached hydrogens (tertiary/aromatic N) is 1. The average molecular weight is 371 g/mol. The van der Waals surface area contributed by atoms with Gasteiger partial charge in [-0.15, -0.1) is 11.3 Å². The van der Waals surface area contributed by atoms with E-state index in [0.717, 1.165) is 16.2 Å². The molecule has 0 bridgehead atoms. The number of ketones is 1. The number of thiophene rings is 1. The highest BCUT2D eigenvalue weighted by Gasteiger charge is 2.41. The third kappa shape index (κ3) is 3.17. The Morgan fingerprint density at radius 3 is 2.23 bits per heavy atom. The van der Waals surface area contributed by atoms with Gasteiger partial charge in [0.2, 0.25) is 5.78 Å². The van der Waals surface area contributed by atoms with Crippen LogP contribution in [0.2, 0.25) is 0 Å². The van der Waals surface area contributed by atoms with Crippen molar-refractivity contribution in [1.82, 2.24) is 4.90 Å². The summed E-state index contributed by atoms with van der Waals surface area (Å²) in [7, 11) is 0. The van der Waals surface area contributed by atoms with E-state index in [2.05, 4.69) is 0 Å². The number of fused-ring (bicyclic) bond motifs is 1. The van der Waals surface area contributed by atoms with Gasteiger partial charge in [0.05, 0.1) is 16.0 Å². The van der Waals surface area contributed by atoms with Crippen LogP contribution in [0.25, 0.3) is 0 Å². The third-order valence-corrected chi connectivity index (χ3v) is 5.45. The minimum absolute atomic E-state index is 0.263. The highest BCUT2D eigenvalue weighted by atomic mass is 32.1. The van der Waals surface area contributed by atoms with Gasteiger partial charge in [-0.05, 0) is 37.6 Å². The van der Waals surface area contributed by atoms with E-state index in [-0.39, 0.29) is 16.9 Å². The molecule has 1 atom stereocenters. The SMILES string of the molecule is CCc1ccc(C(=O)COC(=O)[C@H](C)N2C(=O)c3ccccc3C2=O)s1. The van der Waals surface area contributed by atoms with Crippen LogP contribution in [0, 0.1) is 0 Å². The molecule has 0 fully saturated rings. The Morgan fingerprint density at radius 2 is 1.69 bits per heavy atom. The number of benzene rings is 1. The number of amides is 2. The molecule has 2 aromatic rings. The highest BCUT2D eigenvalue weighted by Crippen LogP contribution is 2.25. The molecule has 3 rings (SSSR count). The number of imide groups is 1. The molecule has 1 aliphatic heterocycles. The summed E-state index contributed by atoms with van der Waals surface area (Å²) in [5.74, 6) is -2.17. The molecule has 6 nitrogen and oxygen atoms in total. The van der Waals surface area contributed by atoms with Crippen LogP contribution >= 0.6 is 11.3 Å². The summed E-state index contributed by atoms with van der Waals surface area (Å²) >= 11 is 1.36. The number of ether oxygens (including phenoxy) is 1. The molecule has 2 amide bonds. The molecule has 0 spiro atoms. The topological polar surface area (TPSA) is 80.8 Å². The number of rotatable bonds is 6. The largest absolute Gasteiger partial charge is 0.456 e. The minimum Gasteiger partial charge on any atom is -0.456 e. The summed E-state index contributed by atoms with van der Waals surface area (Å²) < 4.78 is 5.04. The van der Waals surface area contributed by atoms with Crippen molar-refractivity contribution in [3.05, 3.63) is 57.3 Å². The normalized spacial score (nSPS) is 14.3. The van der Waals surface area contributed by atoms with Crippen molar-refractivity contribution in [2.45, 2.75) is 26.3 Å². The molecular formula is C19H17NO5S. The lowest BCUT2D eigenvalue weighted by atomic mass is 10.1. The molecule has 1 aromatic carbocycles. The van der Waals surface area contributed by atoms with Crippen molar-refractivity contribution in [3.63, 3.8) is 0 Å². The first kappa shape index (κ1) is 18.0. The summed E-state index contributed by atoms with van der Waals surface area (Å²) in [5, 5.41) is 0. The van der Waals surface area contributed by atoms with Gasteiger partial charge in [0.1, 0.15) is 6.04 Å². The molecule has 1 aliphatic rings. The van der Waals surface area contributed by atoms with Crippen molar-refractivity contribution < 1.29 is 23.9 Å². The van der Waals surface area contributed by atoms with E-state index in [9.17, 15) is 19.2 Å². The van der Waals surface area contributed by atoms with Gasteiger partial charge in [-0.2, -0.15) is 0 Å². The fourth-order valence-corrected chi connectivity index (χ4v) is 3.58. The van der Waals surface area contributed by atoms with Gasteiger partial charge in [0, 0.05) is 4.88 Å². The zero-order valence-electron chi connectivity index (χ0n) is 14.4. The molecule has 7 heteroatoms. The first-order valence-corrected chi connectivity index (χ1v) is 9.01. The lowest BCUT2D eigenvalue weighted by Gasteiger charge is -2.20. The fraction of sp³-hybridized carbons (Fsp3) is 0.263. The maximum Gasteiger partial charge on any atom is 0.329 e. The van der Waals surface area contributed by atoms with Crippen LogP contribution in [0.1, 0.15) is 49.1 Å². The van der Waals surface area contributed by atoms with Crippen LogP contribution in [-0.2, 0) is 16.0 Å². The van der Waals surface area contributed by atoms with Crippen molar-refractivity contribution >= 4 is 34.9 Å². The smallest absolute Gasteiger partial charge is 0.329 e. The second-order valence-electron chi connectivity index (χ2n) is 5.85. The maximum absolute atomic E-state index is 12.4. The summed E-state index contributed by atoms with van der Waals surface area (Å²) in [6.45, 7) is 2.98. The van der Waals surface area contributed by atoms with Gasteiger partial charge < -0.3 is 4.74 Å². The van der Waals surface area contributed by atoms with Gasteiger partial charge in [0.25, 0.3) is 11.8 Å². The fourth-order valence-electron chi connectivity index (χ4n) is 2.71. The lowest BCUT2D eigenvalue weighted by Crippen LogP contribution is -2.44. The third-order valence-electron chi connectivity index (χ3n) is 4.18. The number of carbonyl (C=O) groups is 4. The molecule has 2 heterocycles. The molecule has 0 unspecified atom stereocenters. The Hall–Kier alpha value is -2.80. The monoisotopic (exact) mass is 371 g/mol. The molecule has 0 radical (unpaired) electrons. The van der Waals surface area contributed by atoms with Gasteiger partial charge in [-0.3, -0.25) is 19.3 Å². The first-order chi connectivity index (χ1) is 12.4. The quantitative estimate of drug-likeness (QED) is 0.443. The molecular weight excluding hydrogens is 354 g/mol. The second kappa shape index (κ2) is 7.21. The molecule has 134 valence electrons. The Bertz CT molecular complexity index is 866. The standard InChI is InChI=1S/C19H17NO5S/c1-3-12-8-9-16(26-12)15(21)10-25-19(24)11(2)20-17(22)13-6-4-5-7-14(13)18(20)23/h4-9,11H,3,10H2,1-2H3/t11-/m0/s1. The van der Waals surface area contributed by atoms with Crippen molar-refractivity contribution in [2.24, 2.45) is 0 Å². The zero-order chi connectivity index (χ0) is 18.8. The predicted molar refractivity (Wildman–Crippen MR) is 95.4 cm³/mol. The van der Waals surface area contributed by atoms with Crippen LogP contribution in [0.15, 0.2) is 36.4 Å². The Morgan fingerprint density at radius 1 is 1.08 bits per heavy atom. The summed E-state index contributed by atoms with van der Waals surface area (Å²) in [6.07, 6.45) is 0.828. The van der Waals surface area contributed by atoms with E-state index in [1.54, 1.807) is 30.3 Å². The summed E-state index contributed by atoms with van der Waals surface area (Å²) in [4.78, 5) is 51.6. The first-order valence-electron chi connectivity index (χ1n) is 8.19. The van der Waals surface area contributed by atoms with E-state index in [0.29, 0.717) is 4.88 Å². The molecule has 0 saturated heterocycles. The highest BCUT2D eigenvalue weighted by molar-refractivity contribution is 7.14. The molecule has 0 N–H and O–H groups in total. The van der Waals surface area contributed by atoms with Gasteiger partial charge in [-0.1, -0.05) is 19.1 Å². The molecule has 0 saturated carbocycles. The van der Waals surface area contributed by atoms with Crippen molar-refractivity contribution in [3.8, 4) is 0 Å². The molecule has 0 aliphatic carbocycles. The maximum atomic E-state index is 12.4. The van der Waals surface area contributed by atoms with Crippen LogP contribution in [0.3, 0.4) is 0 Å². The van der Waals surface area contributed by atoms with Crippen LogP contribution in [0.5, 0.6) is 0 Å². The minimum atomic E-state index is -1.11. The van der Waals surface area contributed by atoms with E-state index in [1.807, 2.05) is 13.0 Å². The van der Waals surface area contributed by atoms with Gasteiger partial charge >= 0.3 is 5.97 Å². The Labute approximate surface area is 154 Å². The van der Waals surface area contributed by atoms with E-state index in [1.165, 1.54) is 18.3 Å². The number of esters is 1. The lowest BCUT2D eigenvalue weighted by molar-refractivity contribution is -0.146. The molecule has 26 heavy (non-hydrogen) atoms. The van der Waals surface area contributed by atoms with Crippen molar-refractivity contribution in [1.29, 1.82) is 0 Å². The van der Waals surface area contributed by atoms with Crippen molar-refractivity contribution in [2.75, 3.05) is 6.61 Å². The number of hydrogen-bond acceptors (Lipinski definition) is 6. The van der Waals surface area contributed by atoms with Crippen LogP contribution in [0.4, 0.5) is 0 Å². The Kier molecular flexibility index (Phi) is 4.99. The van der Waals surface area contributed by atoms with E-state index < -0.39 is 30.4 Å². The number of hydrogen-bond donors (Lipinski definition) is 0. The second-order valence-corrected chi connectivity index (χ2v) is 7.02. The van der Waals surface area contributed by atoms with E-state index in [4.69, 9.17) is 4.74 Å². The number of carbonyl (C=O) groups excluding carboxylic acids is 4. The summed E-state index contributed by atoms with van der Waals surface area (Å²) in [6, 6.07) is 8.85. The predicted octanol–water partition coefficient (Wildman–Crippen LogP) is 2.72. The Balaban J connectivity index is 1.64. The van der Waals surface area contributed by atoms with Gasteiger partial charge in [0.15, 0.2) is 6.61 Å². The van der Waals surface area contributed by atoms with E-state index >= 15 is 0 Å². The number of Topliss-reactive ketones (excluding diaryl/α,β-unsaturated/α-hetero) is 1. The molecule has 1 aromatic heterocycles. The summed E-state index contributed by atoms with van der Waals surface area (Å²) in [5.41, 5.74) is 0.526. The zero-order valence-corrected chi connectivity index (χ0v) is 15.2.